The fourth-order valence-electron chi connectivity index (χ4n) is 6.18. The summed E-state index contributed by atoms with van der Waals surface area (Å²) in [6.07, 6.45) is 20.4. The molecule has 0 unspecified atom stereocenters. The molecule has 0 N–H and O–H groups in total. The van der Waals surface area contributed by atoms with Gasteiger partial charge in [0, 0.05) is 5.54 Å². The second-order valence-corrected chi connectivity index (χ2v) is 15.1. The lowest BCUT2D eigenvalue weighted by Crippen LogP contribution is -2.71. The van der Waals surface area contributed by atoms with E-state index in [0.717, 1.165) is 6.42 Å². The average Bonchev–Trinajstić information content (AvgIpc) is 3.44. The SMILES string of the molecule is CCCCc1ccc([Si]([C]2C=CC=C2CCC)(c2ccc(CCCC)cc2)c2ccc(CCCC)cc2)cc1. The van der Waals surface area contributed by atoms with Gasteiger partial charge in [0.25, 0.3) is 0 Å². The molecule has 0 fully saturated rings. The van der Waals surface area contributed by atoms with Crippen molar-refractivity contribution in [2.24, 2.45) is 0 Å². The second-order valence-electron chi connectivity index (χ2n) is 11.4. The Morgan fingerprint density at radius 1 is 0.462 bits per heavy atom. The molecule has 3 aromatic rings. The van der Waals surface area contributed by atoms with Crippen molar-refractivity contribution in [2.45, 2.75) is 98.3 Å². The fourth-order valence-corrected chi connectivity index (χ4v) is 11.2. The van der Waals surface area contributed by atoms with Crippen LogP contribution in [0.3, 0.4) is 0 Å². The predicted octanol–water partition coefficient (Wildman–Crippen LogP) is 8.59. The minimum atomic E-state index is -2.49. The van der Waals surface area contributed by atoms with Crippen LogP contribution in [-0.2, 0) is 19.3 Å². The molecule has 0 saturated heterocycles. The monoisotopic (exact) mass is 533 g/mol. The van der Waals surface area contributed by atoms with Gasteiger partial charge in [0.1, 0.15) is 0 Å². The first-order chi connectivity index (χ1) is 19.2. The average molecular weight is 534 g/mol. The number of hydrogen-bond acceptors (Lipinski definition) is 0. The van der Waals surface area contributed by atoms with Gasteiger partial charge in [0.05, 0.1) is 0 Å². The Morgan fingerprint density at radius 2 is 0.846 bits per heavy atom. The van der Waals surface area contributed by atoms with Gasteiger partial charge in [0.2, 0.25) is 0 Å². The fraction of sp³-hybridized carbons (Fsp3) is 0.395. The van der Waals surface area contributed by atoms with E-state index in [2.05, 4.69) is 119 Å². The summed E-state index contributed by atoms with van der Waals surface area (Å²) in [5.41, 5.74) is 7.50. The highest BCUT2D eigenvalue weighted by Gasteiger charge is 2.47. The molecular formula is C38H49Si. The molecule has 3 aromatic carbocycles. The van der Waals surface area contributed by atoms with Crippen LogP contribution in [0.25, 0.3) is 0 Å². The zero-order chi connectivity index (χ0) is 27.5. The third kappa shape index (κ3) is 6.75. The van der Waals surface area contributed by atoms with E-state index in [1.54, 1.807) is 5.54 Å². The van der Waals surface area contributed by atoms with E-state index < -0.39 is 8.07 Å². The Labute approximate surface area is 240 Å². The van der Waals surface area contributed by atoms with Crippen LogP contribution in [0.4, 0.5) is 0 Å². The van der Waals surface area contributed by atoms with Crippen molar-refractivity contribution in [3.63, 3.8) is 0 Å². The van der Waals surface area contributed by atoms with E-state index >= 15 is 0 Å². The summed E-state index contributed by atoms with van der Waals surface area (Å²) in [5, 5.41) is 4.52. The van der Waals surface area contributed by atoms with Crippen LogP contribution in [0.2, 0.25) is 0 Å². The molecule has 1 aliphatic rings. The lowest BCUT2D eigenvalue weighted by molar-refractivity contribution is 0.795. The smallest absolute Gasteiger partial charge is 0.0750 e. The number of benzene rings is 3. The first-order valence-corrected chi connectivity index (χ1v) is 17.7. The van der Waals surface area contributed by atoms with Gasteiger partial charge in [-0.25, -0.2) is 0 Å². The van der Waals surface area contributed by atoms with Crippen molar-refractivity contribution in [2.75, 3.05) is 0 Å². The molecule has 0 aliphatic heterocycles. The molecular weight excluding hydrogens is 485 g/mol. The highest BCUT2D eigenvalue weighted by molar-refractivity contribution is 7.16. The highest BCUT2D eigenvalue weighted by Crippen LogP contribution is 2.34. The van der Waals surface area contributed by atoms with Crippen LogP contribution in [-0.4, -0.2) is 8.07 Å². The molecule has 0 saturated carbocycles. The normalized spacial score (nSPS) is 13.7. The summed E-state index contributed by atoms with van der Waals surface area (Å²) in [6.45, 7) is 9.16. The zero-order valence-corrected chi connectivity index (χ0v) is 25.9. The van der Waals surface area contributed by atoms with Gasteiger partial charge < -0.3 is 0 Å². The van der Waals surface area contributed by atoms with Crippen LogP contribution < -0.4 is 15.6 Å². The Balaban J connectivity index is 1.91. The highest BCUT2D eigenvalue weighted by atomic mass is 28.3. The molecule has 0 nitrogen and oxygen atoms in total. The number of aryl methyl sites for hydroxylation is 3. The van der Waals surface area contributed by atoms with E-state index in [1.165, 1.54) is 102 Å². The largest absolute Gasteiger partial charge is 0.163 e. The molecule has 0 bridgehead atoms. The van der Waals surface area contributed by atoms with Gasteiger partial charge in [-0.2, -0.15) is 0 Å². The van der Waals surface area contributed by atoms with Gasteiger partial charge in [-0.1, -0.05) is 150 Å². The van der Waals surface area contributed by atoms with Crippen molar-refractivity contribution in [1.82, 2.24) is 0 Å². The van der Waals surface area contributed by atoms with Crippen LogP contribution in [0.1, 0.15) is 95.8 Å². The van der Waals surface area contributed by atoms with Gasteiger partial charge in [0.15, 0.2) is 8.07 Å². The third-order valence-electron chi connectivity index (χ3n) is 8.45. The molecule has 1 radical (unpaired) electrons. The quantitative estimate of drug-likeness (QED) is 0.135. The van der Waals surface area contributed by atoms with Crippen LogP contribution >= 0.6 is 0 Å². The van der Waals surface area contributed by atoms with Crippen molar-refractivity contribution < 1.29 is 0 Å². The standard InChI is InChI=1S/C38H49Si/c1-5-9-14-31-19-25-35(26-20-31)39(38-18-12-17-34(38)13-8-4,36-27-21-32(22-28-36)15-10-6-2)37-29-23-33(24-30-37)16-11-7-3/h12,17-30H,5-11,13-16H2,1-4H3. The topological polar surface area (TPSA) is 0 Å². The Morgan fingerprint density at radius 3 is 1.18 bits per heavy atom. The summed E-state index contributed by atoms with van der Waals surface area (Å²) in [4.78, 5) is 0. The van der Waals surface area contributed by atoms with Crippen LogP contribution in [0.5, 0.6) is 0 Å². The molecule has 4 rings (SSSR count). The second kappa shape index (κ2) is 14.7. The molecule has 0 aromatic heterocycles. The molecule has 1 aliphatic carbocycles. The number of rotatable bonds is 15. The van der Waals surface area contributed by atoms with E-state index in [4.69, 9.17) is 0 Å². The van der Waals surface area contributed by atoms with Gasteiger partial charge in [-0.05, 0) is 77.2 Å². The molecule has 0 spiro atoms. The lowest BCUT2D eigenvalue weighted by Gasteiger charge is -2.39. The van der Waals surface area contributed by atoms with Crippen molar-refractivity contribution in [3.05, 3.63) is 119 Å². The van der Waals surface area contributed by atoms with Crippen molar-refractivity contribution in [1.29, 1.82) is 0 Å². The lowest BCUT2D eigenvalue weighted by atomic mass is 10.1. The van der Waals surface area contributed by atoms with E-state index in [9.17, 15) is 0 Å². The van der Waals surface area contributed by atoms with Crippen molar-refractivity contribution >= 4 is 23.6 Å². The van der Waals surface area contributed by atoms with Gasteiger partial charge in [-0.3, -0.25) is 0 Å². The van der Waals surface area contributed by atoms with Gasteiger partial charge >= 0.3 is 0 Å². The minimum absolute atomic E-state index is 1.13. The van der Waals surface area contributed by atoms with Crippen LogP contribution in [0, 0.1) is 5.54 Å². The summed E-state index contributed by atoms with van der Waals surface area (Å²) in [5.74, 6) is 0. The first-order valence-electron chi connectivity index (χ1n) is 15.7. The molecule has 205 valence electrons. The summed E-state index contributed by atoms with van der Waals surface area (Å²) >= 11 is 0. The van der Waals surface area contributed by atoms with Crippen LogP contribution in [0.15, 0.2) is 96.6 Å². The summed E-state index contributed by atoms with van der Waals surface area (Å²) < 4.78 is 0. The maximum absolute atomic E-state index is 2.49. The maximum atomic E-state index is 2.48. The third-order valence-corrected chi connectivity index (χ3v) is 13.3. The van der Waals surface area contributed by atoms with E-state index in [1.807, 2.05) is 0 Å². The molecule has 0 amide bonds. The summed E-state index contributed by atoms with van der Waals surface area (Å²) in [7, 11) is -2.49. The van der Waals surface area contributed by atoms with E-state index in [-0.39, 0.29) is 0 Å². The number of hydrogen-bond donors (Lipinski definition) is 0. The Kier molecular flexibility index (Phi) is 11.0. The Hall–Kier alpha value is -2.64. The molecule has 1 heteroatoms. The first kappa shape index (κ1) is 29.3. The maximum Gasteiger partial charge on any atom is 0.163 e. The predicted molar refractivity (Wildman–Crippen MR) is 175 cm³/mol. The molecule has 39 heavy (non-hydrogen) atoms. The Bertz CT molecular complexity index is 1070. The van der Waals surface area contributed by atoms with Gasteiger partial charge in [-0.15, -0.1) is 0 Å². The number of unbranched alkanes of at least 4 members (excludes halogenated alkanes) is 3. The van der Waals surface area contributed by atoms with E-state index in [0.29, 0.717) is 0 Å². The zero-order valence-electron chi connectivity index (χ0n) is 24.9. The molecule has 0 atom stereocenters. The van der Waals surface area contributed by atoms with Crippen molar-refractivity contribution in [3.8, 4) is 0 Å². The minimum Gasteiger partial charge on any atom is -0.0750 e. The molecule has 0 heterocycles. The summed E-state index contributed by atoms with van der Waals surface area (Å²) in [6, 6.07) is 29.4. The number of allylic oxidation sites excluding steroid dienone is 4.